The van der Waals surface area contributed by atoms with Crippen LogP contribution in [0.4, 0.5) is 5.69 Å². The summed E-state index contributed by atoms with van der Waals surface area (Å²) in [6, 6.07) is 8.68. The van der Waals surface area contributed by atoms with Crippen LogP contribution in [0.3, 0.4) is 0 Å². The fourth-order valence-corrected chi connectivity index (χ4v) is 6.84. The topological polar surface area (TPSA) is 186 Å². The van der Waals surface area contributed by atoms with E-state index in [4.69, 9.17) is 11.6 Å². The zero-order valence-electron chi connectivity index (χ0n) is 19.3. The number of aliphatic carboxylic acids is 1. The summed E-state index contributed by atoms with van der Waals surface area (Å²) in [6.07, 6.45) is 0.632. The van der Waals surface area contributed by atoms with Gasteiger partial charge in [-0.25, -0.2) is 18.6 Å². The number of nitrogens with one attached hydrogen (secondary N) is 2. The minimum Gasteiger partial charge on any atom is -0.504 e. The molecule has 2 aliphatic heterocycles. The minimum atomic E-state index is -4.15. The maximum Gasteiger partial charge on any atom is 0.328 e. The Hall–Kier alpha value is -3.84. The second kappa shape index (κ2) is 9.56. The molecule has 2 aliphatic rings. The summed E-state index contributed by atoms with van der Waals surface area (Å²) in [5, 5.41) is 34.4. The third kappa shape index (κ3) is 4.44. The molecule has 2 heterocycles. The second-order valence-electron chi connectivity index (χ2n) is 8.85. The van der Waals surface area contributed by atoms with Gasteiger partial charge in [0.15, 0.2) is 27.4 Å². The lowest BCUT2D eigenvalue weighted by molar-refractivity contribution is -0.156. The number of hydrogen-bond donors (Lipinski definition) is 5. The van der Waals surface area contributed by atoms with Crippen LogP contribution in [0.5, 0.6) is 11.5 Å². The van der Waals surface area contributed by atoms with Crippen molar-refractivity contribution >= 4 is 51.1 Å². The molecule has 37 heavy (non-hydrogen) atoms. The highest BCUT2D eigenvalue weighted by Crippen LogP contribution is 2.45. The fourth-order valence-electron chi connectivity index (χ4n) is 4.42. The van der Waals surface area contributed by atoms with Gasteiger partial charge in [-0.1, -0.05) is 41.9 Å². The van der Waals surface area contributed by atoms with Gasteiger partial charge >= 0.3 is 5.97 Å². The van der Waals surface area contributed by atoms with Crippen molar-refractivity contribution in [1.29, 1.82) is 0 Å². The number of halogens is 1. The first kappa shape index (κ1) is 26.2. The highest BCUT2D eigenvalue weighted by atomic mass is 35.5. The van der Waals surface area contributed by atoms with Crippen LogP contribution in [-0.2, 0) is 30.6 Å². The number of aromatic hydroxyl groups is 2. The van der Waals surface area contributed by atoms with Crippen molar-refractivity contribution in [3.05, 3.63) is 53.1 Å². The highest BCUT2D eigenvalue weighted by Gasteiger charge is 2.69. The van der Waals surface area contributed by atoms with Crippen molar-refractivity contribution in [2.24, 2.45) is 5.10 Å². The smallest absolute Gasteiger partial charge is 0.328 e. The Bertz CT molecular complexity index is 1400. The van der Waals surface area contributed by atoms with E-state index in [-0.39, 0.29) is 23.6 Å². The summed E-state index contributed by atoms with van der Waals surface area (Å²) in [6.45, 7) is 1.14. The monoisotopic (exact) mass is 550 g/mol. The first-order chi connectivity index (χ1) is 17.4. The number of amides is 2. The van der Waals surface area contributed by atoms with Gasteiger partial charge < -0.3 is 25.5 Å². The van der Waals surface area contributed by atoms with Gasteiger partial charge in [-0.2, -0.15) is 5.10 Å². The molecule has 14 heteroatoms. The second-order valence-corrected chi connectivity index (χ2v) is 11.7. The molecule has 0 aliphatic carbocycles. The third-order valence-corrected chi connectivity index (χ3v) is 9.54. The Morgan fingerprint density at radius 2 is 1.92 bits per heavy atom. The number of carbonyl (C=O) groups is 3. The molecule has 2 aromatic carbocycles. The van der Waals surface area contributed by atoms with E-state index in [1.165, 1.54) is 12.1 Å². The van der Waals surface area contributed by atoms with Crippen LogP contribution in [0.2, 0.25) is 5.02 Å². The number of carboxylic acid groups (broad SMARTS) is 1. The number of phenols is 2. The van der Waals surface area contributed by atoms with Crippen molar-refractivity contribution in [1.82, 2.24) is 10.3 Å². The van der Waals surface area contributed by atoms with Crippen LogP contribution in [0.15, 0.2) is 47.6 Å². The molecule has 2 saturated heterocycles. The molecule has 1 unspecified atom stereocenters. The normalized spacial score (nSPS) is 24.8. The SMILES string of the molecule is C[C@]1(/C=N/NC(=O)C(Cc2ccccc2)Nc2ccc(O)c(O)c2Cl)[C@H](C(=O)O)N2C(=O)C[C@H]2S1(=O)=O. The van der Waals surface area contributed by atoms with E-state index in [1.807, 2.05) is 0 Å². The molecule has 2 aromatic rings. The lowest BCUT2D eigenvalue weighted by Gasteiger charge is -2.35. The van der Waals surface area contributed by atoms with Crippen LogP contribution in [0.25, 0.3) is 0 Å². The fraction of sp³-hybridized carbons (Fsp3) is 0.304. The van der Waals surface area contributed by atoms with Crippen LogP contribution in [0.1, 0.15) is 18.9 Å². The number of phenolic OH excluding ortho intramolecular Hbond substituents is 2. The Balaban J connectivity index is 1.59. The quantitative estimate of drug-likeness (QED) is 0.105. The van der Waals surface area contributed by atoms with Crippen LogP contribution >= 0.6 is 11.6 Å². The molecule has 0 saturated carbocycles. The number of benzene rings is 2. The van der Waals surface area contributed by atoms with Crippen molar-refractivity contribution in [2.75, 3.05) is 5.32 Å². The Morgan fingerprint density at radius 1 is 1.24 bits per heavy atom. The molecule has 5 N–H and O–H groups in total. The van der Waals surface area contributed by atoms with Crippen LogP contribution < -0.4 is 10.7 Å². The van der Waals surface area contributed by atoms with E-state index < -0.39 is 61.3 Å². The molecule has 0 spiro atoms. The summed E-state index contributed by atoms with van der Waals surface area (Å²) >= 11 is 6.09. The number of carboxylic acids is 1. The number of nitrogens with zero attached hydrogens (tertiary/aromatic N) is 2. The number of rotatable bonds is 8. The molecule has 0 radical (unpaired) electrons. The number of sulfone groups is 1. The van der Waals surface area contributed by atoms with Crippen molar-refractivity contribution < 1.29 is 38.1 Å². The molecular formula is C23H23ClN4O8S. The summed E-state index contributed by atoms with van der Waals surface area (Å²) in [5.41, 5.74) is 3.11. The van der Waals surface area contributed by atoms with E-state index in [0.29, 0.717) is 0 Å². The lowest BCUT2D eigenvalue weighted by Crippen LogP contribution is -2.57. The number of β-lactam (4-membered cyclic amide) rings is 1. The van der Waals surface area contributed by atoms with Crippen LogP contribution in [-0.4, -0.2) is 74.8 Å². The number of anilines is 1. The average Bonchev–Trinajstić information content (AvgIpc) is 2.99. The van der Waals surface area contributed by atoms with E-state index in [1.54, 1.807) is 30.3 Å². The van der Waals surface area contributed by atoms with E-state index in [9.17, 15) is 38.1 Å². The average molecular weight is 551 g/mol. The summed E-state index contributed by atoms with van der Waals surface area (Å²) in [4.78, 5) is 37.7. The van der Waals surface area contributed by atoms with Gasteiger partial charge in [0.1, 0.15) is 21.2 Å². The third-order valence-electron chi connectivity index (χ3n) is 6.49. The number of hydrogen-bond acceptors (Lipinski definition) is 9. The molecule has 196 valence electrons. The number of fused-ring (bicyclic) bond motifs is 1. The van der Waals surface area contributed by atoms with Gasteiger partial charge in [0.25, 0.3) is 5.91 Å². The van der Waals surface area contributed by atoms with E-state index in [0.717, 1.165) is 23.6 Å². The summed E-state index contributed by atoms with van der Waals surface area (Å²) in [7, 11) is -4.15. The predicted octanol–water partition coefficient (Wildman–Crippen LogP) is 1.08. The molecule has 2 amide bonds. The lowest BCUT2D eigenvalue weighted by atomic mass is 9.97. The van der Waals surface area contributed by atoms with Crippen molar-refractivity contribution in [3.8, 4) is 11.5 Å². The molecule has 2 fully saturated rings. The molecule has 12 nitrogen and oxygen atoms in total. The summed E-state index contributed by atoms with van der Waals surface area (Å²) in [5.74, 6) is -3.87. The molecular weight excluding hydrogens is 528 g/mol. The maximum absolute atomic E-state index is 13.1. The van der Waals surface area contributed by atoms with Crippen LogP contribution in [0, 0.1) is 0 Å². The zero-order valence-corrected chi connectivity index (χ0v) is 20.9. The van der Waals surface area contributed by atoms with Crippen molar-refractivity contribution in [3.63, 3.8) is 0 Å². The molecule has 4 rings (SSSR count). The van der Waals surface area contributed by atoms with Gasteiger partial charge in [-0.15, -0.1) is 0 Å². The van der Waals surface area contributed by atoms with E-state index >= 15 is 0 Å². The predicted molar refractivity (Wildman–Crippen MR) is 133 cm³/mol. The highest BCUT2D eigenvalue weighted by molar-refractivity contribution is 7.94. The Labute approximate surface area is 216 Å². The van der Waals surface area contributed by atoms with Gasteiger partial charge in [0, 0.05) is 12.6 Å². The molecule has 0 aromatic heterocycles. The zero-order chi connectivity index (χ0) is 27.1. The van der Waals surface area contributed by atoms with Crippen molar-refractivity contribution in [2.45, 2.75) is 42.0 Å². The van der Waals surface area contributed by atoms with Gasteiger partial charge in [-0.05, 0) is 24.6 Å². The first-order valence-electron chi connectivity index (χ1n) is 11.0. The summed E-state index contributed by atoms with van der Waals surface area (Å²) < 4.78 is 23.9. The number of hydrazone groups is 1. The van der Waals surface area contributed by atoms with Gasteiger partial charge in [0.2, 0.25) is 5.91 Å². The first-order valence-corrected chi connectivity index (χ1v) is 12.9. The van der Waals surface area contributed by atoms with E-state index in [2.05, 4.69) is 15.8 Å². The minimum absolute atomic E-state index is 0.123. The van der Waals surface area contributed by atoms with Gasteiger partial charge in [0.05, 0.1) is 12.1 Å². The maximum atomic E-state index is 13.1. The standard InChI is InChI=1S/C23H23ClN4O8S/c1-23(20(22(33)34)28-16(30)10-17(28)37(23,35)36)11-25-27-21(32)14(9-12-5-3-2-4-6-12)26-13-7-8-15(29)19(31)18(13)24/h2-8,11,14,17,20,26,29,31H,9-10H2,1H3,(H,27,32)(H,33,34)/b25-11+/t14?,17-,20+,23+/m1/s1. The molecule has 0 bridgehead atoms. The number of carbonyl (C=O) groups excluding carboxylic acids is 2. The van der Waals surface area contributed by atoms with Gasteiger partial charge in [-0.3, -0.25) is 9.59 Å². The largest absolute Gasteiger partial charge is 0.504 e. The molecule has 4 atom stereocenters. The Morgan fingerprint density at radius 3 is 2.54 bits per heavy atom. The Kier molecular flexibility index (Phi) is 6.78.